The molecule has 0 N–H and O–H groups in total. The molecule has 0 aromatic heterocycles. The van der Waals surface area contributed by atoms with Gasteiger partial charge in [0, 0.05) is 0 Å². The summed E-state index contributed by atoms with van der Waals surface area (Å²) in [7, 11) is 2.15. The van der Waals surface area contributed by atoms with E-state index in [0.717, 1.165) is 21.6 Å². The van der Waals surface area contributed by atoms with Gasteiger partial charge in [-0.3, -0.25) is 4.79 Å². The first-order chi connectivity index (χ1) is 5.45. The fourth-order valence-electron chi connectivity index (χ4n) is 0.347. The molecule has 0 aliphatic rings. The third kappa shape index (κ3) is 9.13. The first kappa shape index (κ1) is 13.0. The van der Waals surface area contributed by atoms with Crippen molar-refractivity contribution < 1.29 is 9.53 Å². The molecular formula is C5H7Cl3O2S2. The summed E-state index contributed by atoms with van der Waals surface area (Å²) in [6.07, 6.45) is 0. The van der Waals surface area contributed by atoms with E-state index < -0.39 is 3.12 Å². The number of ether oxygens (including phenoxy) is 1. The Kier molecular flexibility index (Phi) is 7.05. The molecule has 0 bridgehead atoms. The van der Waals surface area contributed by atoms with Crippen molar-refractivity contribution in [3.63, 3.8) is 0 Å². The van der Waals surface area contributed by atoms with Gasteiger partial charge in [0.1, 0.15) is 5.75 Å². The molecule has 0 saturated carbocycles. The smallest absolute Gasteiger partial charge is 0.316 e. The number of rotatable bonds is 4. The highest BCUT2D eigenvalue weighted by Gasteiger charge is 2.21. The van der Waals surface area contributed by atoms with Gasteiger partial charge >= 0.3 is 5.97 Å². The fraction of sp³-hybridized carbons (Fsp3) is 0.800. The van der Waals surface area contributed by atoms with Crippen LogP contribution in [-0.2, 0) is 9.53 Å². The number of hydrogen-bond acceptors (Lipinski definition) is 4. The molecule has 0 atom stereocenters. The lowest BCUT2D eigenvalue weighted by Gasteiger charge is -2.07. The standard InChI is InChI=1S/C5H7Cl3O2S2/c1-2-10-4(9)3-11-12-5(6,7)8/h2-3H2,1H3. The maximum atomic E-state index is 10.7. The zero-order valence-corrected chi connectivity index (χ0v) is 10.1. The molecule has 0 aliphatic heterocycles. The molecule has 0 aliphatic carbocycles. The van der Waals surface area contributed by atoms with Crippen LogP contribution in [0.5, 0.6) is 0 Å². The van der Waals surface area contributed by atoms with Gasteiger partial charge in [0.15, 0.2) is 0 Å². The lowest BCUT2D eigenvalue weighted by molar-refractivity contribution is -0.139. The highest BCUT2D eigenvalue weighted by Crippen LogP contribution is 2.45. The van der Waals surface area contributed by atoms with Crippen LogP contribution >= 0.6 is 56.4 Å². The minimum absolute atomic E-state index is 0.187. The average Bonchev–Trinajstić information content (AvgIpc) is 1.84. The number of alkyl halides is 3. The fourth-order valence-corrected chi connectivity index (χ4v) is 2.79. The van der Waals surface area contributed by atoms with Crippen molar-refractivity contribution in [1.29, 1.82) is 0 Å². The van der Waals surface area contributed by atoms with Crippen molar-refractivity contribution in [3.05, 3.63) is 0 Å². The zero-order valence-electron chi connectivity index (χ0n) is 6.18. The van der Waals surface area contributed by atoms with Crippen LogP contribution in [0.25, 0.3) is 0 Å². The molecule has 0 aromatic rings. The summed E-state index contributed by atoms with van der Waals surface area (Å²) in [6, 6.07) is 0. The third-order valence-corrected chi connectivity index (χ3v) is 4.27. The van der Waals surface area contributed by atoms with E-state index in [-0.39, 0.29) is 11.7 Å². The van der Waals surface area contributed by atoms with E-state index in [9.17, 15) is 4.79 Å². The van der Waals surface area contributed by atoms with E-state index in [1.807, 2.05) is 0 Å². The van der Waals surface area contributed by atoms with Crippen molar-refractivity contribution >= 4 is 62.4 Å². The molecule has 0 fully saturated rings. The maximum Gasteiger partial charge on any atom is 0.316 e. The number of esters is 1. The summed E-state index contributed by atoms with van der Waals surface area (Å²) >= 11 is 16.2. The predicted octanol–water partition coefficient (Wildman–Crippen LogP) is 3.26. The van der Waals surface area contributed by atoms with E-state index in [1.54, 1.807) is 6.92 Å². The normalized spacial score (nSPS) is 11.3. The highest BCUT2D eigenvalue weighted by atomic mass is 35.6. The Morgan fingerprint density at radius 2 is 2.08 bits per heavy atom. The van der Waals surface area contributed by atoms with Crippen molar-refractivity contribution in [3.8, 4) is 0 Å². The minimum Gasteiger partial charge on any atom is -0.465 e. The van der Waals surface area contributed by atoms with Crippen molar-refractivity contribution in [2.24, 2.45) is 0 Å². The SMILES string of the molecule is CCOC(=O)CSSC(Cl)(Cl)Cl. The lowest BCUT2D eigenvalue weighted by Crippen LogP contribution is -2.06. The van der Waals surface area contributed by atoms with Crippen LogP contribution < -0.4 is 0 Å². The van der Waals surface area contributed by atoms with Gasteiger partial charge in [0.05, 0.1) is 6.61 Å². The average molecular weight is 270 g/mol. The van der Waals surface area contributed by atoms with Crippen LogP contribution in [-0.4, -0.2) is 21.5 Å². The molecule has 0 spiro atoms. The summed E-state index contributed by atoms with van der Waals surface area (Å²) in [4.78, 5) is 10.7. The molecule has 0 amide bonds. The Labute approximate surface area is 94.0 Å². The van der Waals surface area contributed by atoms with Crippen LogP contribution in [0.15, 0.2) is 0 Å². The molecule has 7 heteroatoms. The van der Waals surface area contributed by atoms with Gasteiger partial charge in [-0.25, -0.2) is 0 Å². The Bertz CT molecular complexity index is 148. The molecule has 0 aromatic carbocycles. The predicted molar refractivity (Wildman–Crippen MR) is 57.0 cm³/mol. The van der Waals surface area contributed by atoms with Gasteiger partial charge in [0.2, 0.25) is 3.12 Å². The van der Waals surface area contributed by atoms with Crippen molar-refractivity contribution in [2.75, 3.05) is 12.4 Å². The Morgan fingerprint density at radius 3 is 2.50 bits per heavy atom. The van der Waals surface area contributed by atoms with Gasteiger partial charge in [-0.2, -0.15) is 0 Å². The third-order valence-electron chi connectivity index (χ3n) is 0.636. The molecule has 12 heavy (non-hydrogen) atoms. The molecule has 2 nitrogen and oxygen atoms in total. The Morgan fingerprint density at radius 1 is 1.50 bits per heavy atom. The molecular weight excluding hydrogens is 263 g/mol. The second kappa shape index (κ2) is 6.49. The largest absolute Gasteiger partial charge is 0.465 e. The van der Waals surface area contributed by atoms with Crippen LogP contribution in [0.1, 0.15) is 6.92 Å². The number of hydrogen-bond donors (Lipinski definition) is 0. The van der Waals surface area contributed by atoms with E-state index in [1.165, 1.54) is 0 Å². The molecule has 72 valence electrons. The summed E-state index contributed by atoms with van der Waals surface area (Å²) in [5.74, 6) is -0.115. The summed E-state index contributed by atoms with van der Waals surface area (Å²) in [6.45, 7) is 2.11. The number of carbonyl (C=O) groups excluding carboxylic acids is 1. The van der Waals surface area contributed by atoms with Gasteiger partial charge in [0.25, 0.3) is 0 Å². The second-order valence-corrected chi connectivity index (χ2v) is 7.06. The van der Waals surface area contributed by atoms with E-state index >= 15 is 0 Å². The van der Waals surface area contributed by atoms with Crippen molar-refractivity contribution in [1.82, 2.24) is 0 Å². The number of halogens is 3. The van der Waals surface area contributed by atoms with Crippen LogP contribution in [0.4, 0.5) is 0 Å². The van der Waals surface area contributed by atoms with Crippen LogP contribution in [0.3, 0.4) is 0 Å². The van der Waals surface area contributed by atoms with Crippen LogP contribution in [0.2, 0.25) is 0 Å². The first-order valence-corrected chi connectivity index (χ1v) is 6.44. The highest BCUT2D eigenvalue weighted by molar-refractivity contribution is 8.78. The van der Waals surface area contributed by atoms with Gasteiger partial charge in [-0.05, 0) is 17.7 Å². The molecule has 0 rings (SSSR count). The molecule has 0 unspecified atom stereocenters. The van der Waals surface area contributed by atoms with E-state index in [4.69, 9.17) is 34.8 Å². The maximum absolute atomic E-state index is 10.7. The van der Waals surface area contributed by atoms with Crippen LogP contribution in [0, 0.1) is 0 Å². The van der Waals surface area contributed by atoms with Gasteiger partial charge in [-0.1, -0.05) is 45.6 Å². The molecule has 0 saturated heterocycles. The number of carbonyl (C=O) groups is 1. The van der Waals surface area contributed by atoms with E-state index in [2.05, 4.69) is 4.74 Å². The summed E-state index contributed by atoms with van der Waals surface area (Å²) < 4.78 is 3.28. The minimum atomic E-state index is -1.38. The first-order valence-electron chi connectivity index (χ1n) is 2.98. The Hall–Kier alpha value is 1.04. The van der Waals surface area contributed by atoms with Crippen molar-refractivity contribution in [2.45, 2.75) is 10.0 Å². The molecule has 0 radical (unpaired) electrons. The summed E-state index contributed by atoms with van der Waals surface area (Å²) in [5.41, 5.74) is 0. The van der Waals surface area contributed by atoms with E-state index in [0.29, 0.717) is 6.61 Å². The topological polar surface area (TPSA) is 26.3 Å². The second-order valence-electron chi connectivity index (χ2n) is 1.60. The summed E-state index contributed by atoms with van der Waals surface area (Å²) in [5, 5.41) is 0. The molecule has 0 heterocycles. The lowest BCUT2D eigenvalue weighted by atomic mass is 10.8. The Balaban J connectivity index is 3.37. The zero-order chi connectivity index (χ0) is 9.61. The van der Waals surface area contributed by atoms with Gasteiger partial charge < -0.3 is 4.74 Å². The monoisotopic (exact) mass is 268 g/mol. The quantitative estimate of drug-likeness (QED) is 0.445. The van der Waals surface area contributed by atoms with Gasteiger partial charge in [-0.15, -0.1) is 0 Å².